The molecule has 5 heteroatoms. The lowest BCUT2D eigenvalue weighted by molar-refractivity contribution is 0.298. The fraction of sp³-hybridized carbons (Fsp3) is 0.286. The van der Waals surface area contributed by atoms with E-state index in [2.05, 4.69) is 16.9 Å². The summed E-state index contributed by atoms with van der Waals surface area (Å²) in [6, 6.07) is 17.8. The lowest BCUT2D eigenvalue weighted by atomic mass is 10.2. The molecule has 0 fully saturated rings. The Morgan fingerprint density at radius 2 is 1.69 bits per heavy atom. The maximum atomic E-state index is 5.76. The maximum absolute atomic E-state index is 5.76. The fourth-order valence-electron chi connectivity index (χ4n) is 2.21. The van der Waals surface area contributed by atoms with Crippen molar-refractivity contribution in [3.8, 4) is 11.5 Å². The molecule has 0 atom stereocenters. The quantitative estimate of drug-likeness (QED) is 0.281. The van der Waals surface area contributed by atoms with Crippen LogP contribution in [0, 0.1) is 0 Å². The standard InChI is InChI=1S/C21H27N3O2/c1-2-14-23-21(22)24-15-6-7-16-25-19-10-12-20(13-11-19)26-17-18-8-4-3-5-9-18/h2-5,8-13H,1,6-7,14-17H2,(H3,22,23,24). The zero-order valence-corrected chi connectivity index (χ0v) is 15.1. The average molecular weight is 353 g/mol. The van der Waals surface area contributed by atoms with Crippen molar-refractivity contribution in [2.24, 2.45) is 10.7 Å². The van der Waals surface area contributed by atoms with Crippen LogP contribution in [0.15, 0.2) is 72.2 Å². The van der Waals surface area contributed by atoms with Crippen LogP contribution in [0.3, 0.4) is 0 Å². The smallest absolute Gasteiger partial charge is 0.188 e. The summed E-state index contributed by atoms with van der Waals surface area (Å²) in [7, 11) is 0. The van der Waals surface area contributed by atoms with E-state index in [4.69, 9.17) is 15.2 Å². The maximum Gasteiger partial charge on any atom is 0.188 e. The highest BCUT2D eigenvalue weighted by Gasteiger charge is 1.98. The van der Waals surface area contributed by atoms with E-state index in [0.717, 1.165) is 29.9 Å². The molecule has 138 valence electrons. The number of guanidine groups is 1. The lowest BCUT2D eigenvalue weighted by Crippen LogP contribution is -2.31. The van der Waals surface area contributed by atoms with Crippen molar-refractivity contribution in [2.75, 3.05) is 19.7 Å². The van der Waals surface area contributed by atoms with Crippen molar-refractivity contribution in [1.82, 2.24) is 5.32 Å². The Bertz CT molecular complexity index is 669. The van der Waals surface area contributed by atoms with E-state index < -0.39 is 0 Å². The van der Waals surface area contributed by atoms with Gasteiger partial charge < -0.3 is 20.5 Å². The molecule has 0 amide bonds. The van der Waals surface area contributed by atoms with Gasteiger partial charge in [0.1, 0.15) is 18.1 Å². The zero-order valence-electron chi connectivity index (χ0n) is 15.1. The van der Waals surface area contributed by atoms with E-state index in [1.165, 1.54) is 0 Å². The molecule has 2 rings (SSSR count). The van der Waals surface area contributed by atoms with Gasteiger partial charge in [-0.15, -0.1) is 6.58 Å². The highest BCUT2D eigenvalue weighted by Crippen LogP contribution is 2.19. The molecule has 0 heterocycles. The number of hydrogen-bond acceptors (Lipinski definition) is 3. The number of ether oxygens (including phenoxy) is 2. The molecule has 0 aliphatic carbocycles. The summed E-state index contributed by atoms with van der Waals surface area (Å²) in [5, 5.41) is 2.94. The van der Waals surface area contributed by atoms with E-state index in [9.17, 15) is 0 Å². The highest BCUT2D eigenvalue weighted by atomic mass is 16.5. The van der Waals surface area contributed by atoms with Gasteiger partial charge in [-0.25, -0.2) is 0 Å². The van der Waals surface area contributed by atoms with Crippen LogP contribution in [-0.4, -0.2) is 25.7 Å². The summed E-state index contributed by atoms with van der Waals surface area (Å²) in [5.41, 5.74) is 6.84. The van der Waals surface area contributed by atoms with Crippen LogP contribution in [0.2, 0.25) is 0 Å². The number of hydrogen-bond donors (Lipinski definition) is 2. The summed E-state index contributed by atoms with van der Waals surface area (Å²) in [6.07, 6.45) is 3.59. The minimum absolute atomic E-state index is 0.455. The minimum atomic E-state index is 0.455. The number of nitrogens with one attached hydrogen (secondary N) is 1. The molecule has 26 heavy (non-hydrogen) atoms. The molecule has 2 aromatic rings. The van der Waals surface area contributed by atoms with Gasteiger partial charge in [-0.3, -0.25) is 4.99 Å². The van der Waals surface area contributed by atoms with Gasteiger partial charge in [0.25, 0.3) is 0 Å². The third kappa shape index (κ3) is 7.75. The normalized spacial score (nSPS) is 11.0. The molecule has 0 unspecified atom stereocenters. The Morgan fingerprint density at radius 3 is 2.38 bits per heavy atom. The van der Waals surface area contributed by atoms with Crippen LogP contribution in [0.1, 0.15) is 18.4 Å². The number of rotatable bonds is 11. The summed E-state index contributed by atoms with van der Waals surface area (Å²) in [6.45, 7) is 6.14. The molecule has 5 nitrogen and oxygen atoms in total. The molecule has 2 aromatic carbocycles. The predicted molar refractivity (Wildman–Crippen MR) is 107 cm³/mol. The van der Waals surface area contributed by atoms with Gasteiger partial charge in [-0.1, -0.05) is 36.4 Å². The van der Waals surface area contributed by atoms with Gasteiger partial charge >= 0.3 is 0 Å². The van der Waals surface area contributed by atoms with E-state index in [1.807, 2.05) is 54.6 Å². The molecular weight excluding hydrogens is 326 g/mol. The molecule has 3 N–H and O–H groups in total. The first kappa shape index (κ1) is 19.4. The van der Waals surface area contributed by atoms with Crippen molar-refractivity contribution in [3.05, 3.63) is 72.8 Å². The van der Waals surface area contributed by atoms with Gasteiger partial charge in [0.15, 0.2) is 5.96 Å². The summed E-state index contributed by atoms with van der Waals surface area (Å²) >= 11 is 0. The van der Waals surface area contributed by atoms with Gasteiger partial charge in [-0.05, 0) is 42.7 Å². The van der Waals surface area contributed by atoms with Crippen LogP contribution in [0.25, 0.3) is 0 Å². The number of unbranched alkanes of at least 4 members (excludes halogenated alkanes) is 1. The van der Waals surface area contributed by atoms with Crippen LogP contribution in [0.4, 0.5) is 0 Å². The van der Waals surface area contributed by atoms with Gasteiger partial charge in [0, 0.05) is 13.1 Å². The third-order valence-electron chi connectivity index (χ3n) is 3.60. The lowest BCUT2D eigenvalue weighted by Gasteiger charge is -2.09. The second-order valence-electron chi connectivity index (χ2n) is 5.74. The molecular formula is C21H27N3O2. The predicted octanol–water partition coefficient (Wildman–Crippen LogP) is 3.51. The van der Waals surface area contributed by atoms with Crippen molar-refractivity contribution in [1.29, 1.82) is 0 Å². The van der Waals surface area contributed by atoms with E-state index in [0.29, 0.717) is 32.3 Å². The Kier molecular flexibility index (Phi) is 8.63. The number of nitrogens with zero attached hydrogens (tertiary/aromatic N) is 1. The first-order chi connectivity index (χ1) is 12.8. The van der Waals surface area contributed by atoms with E-state index in [-0.39, 0.29) is 0 Å². The summed E-state index contributed by atoms with van der Waals surface area (Å²) in [4.78, 5) is 4.23. The molecule has 0 radical (unpaired) electrons. The van der Waals surface area contributed by atoms with Crippen LogP contribution < -0.4 is 20.5 Å². The molecule has 0 bridgehead atoms. The number of aliphatic imine (C=N–C) groups is 1. The van der Waals surface area contributed by atoms with Crippen LogP contribution >= 0.6 is 0 Å². The fourth-order valence-corrected chi connectivity index (χ4v) is 2.21. The number of benzene rings is 2. The second-order valence-corrected chi connectivity index (χ2v) is 5.74. The Balaban J connectivity index is 1.61. The molecule has 0 spiro atoms. The second kappa shape index (κ2) is 11.6. The summed E-state index contributed by atoms with van der Waals surface area (Å²) < 4.78 is 11.5. The first-order valence-corrected chi connectivity index (χ1v) is 8.82. The molecule has 0 aromatic heterocycles. The number of nitrogens with two attached hydrogens (primary N) is 1. The SMILES string of the molecule is C=CCNC(N)=NCCCCOc1ccc(OCc2ccccc2)cc1. The Hall–Kier alpha value is -2.95. The molecule has 0 aliphatic heterocycles. The van der Waals surface area contributed by atoms with Gasteiger partial charge in [0.2, 0.25) is 0 Å². The van der Waals surface area contributed by atoms with Crippen molar-refractivity contribution in [2.45, 2.75) is 19.4 Å². The average Bonchev–Trinajstić information content (AvgIpc) is 2.69. The van der Waals surface area contributed by atoms with Crippen molar-refractivity contribution >= 4 is 5.96 Å². The summed E-state index contributed by atoms with van der Waals surface area (Å²) in [5.74, 6) is 2.13. The Labute approximate surface area is 155 Å². The zero-order chi connectivity index (χ0) is 18.5. The van der Waals surface area contributed by atoms with Gasteiger partial charge in [-0.2, -0.15) is 0 Å². The molecule has 0 saturated heterocycles. The van der Waals surface area contributed by atoms with E-state index in [1.54, 1.807) is 6.08 Å². The Morgan fingerprint density at radius 1 is 1.00 bits per heavy atom. The molecule has 0 saturated carbocycles. The topological polar surface area (TPSA) is 68.9 Å². The van der Waals surface area contributed by atoms with Crippen molar-refractivity contribution in [3.63, 3.8) is 0 Å². The van der Waals surface area contributed by atoms with Crippen molar-refractivity contribution < 1.29 is 9.47 Å². The largest absolute Gasteiger partial charge is 0.494 e. The van der Waals surface area contributed by atoms with Gasteiger partial charge in [0.05, 0.1) is 6.61 Å². The first-order valence-electron chi connectivity index (χ1n) is 8.82. The van der Waals surface area contributed by atoms with Crippen LogP contribution in [-0.2, 0) is 6.61 Å². The third-order valence-corrected chi connectivity index (χ3v) is 3.60. The molecule has 0 aliphatic rings. The minimum Gasteiger partial charge on any atom is -0.494 e. The monoisotopic (exact) mass is 353 g/mol. The highest BCUT2D eigenvalue weighted by molar-refractivity contribution is 5.77. The van der Waals surface area contributed by atoms with Crippen LogP contribution in [0.5, 0.6) is 11.5 Å². The van der Waals surface area contributed by atoms with E-state index >= 15 is 0 Å².